The molecule has 8 N–H and O–H groups in total. The van der Waals surface area contributed by atoms with Crippen molar-refractivity contribution in [2.24, 2.45) is 5.73 Å². The monoisotopic (exact) mass is 424 g/mol. The molecule has 0 saturated heterocycles. The maximum atomic E-state index is 12.6. The number of carbonyl (C=O) groups is 5. The topological polar surface area (TPSA) is 208 Å². The Morgan fingerprint density at radius 2 is 1.43 bits per heavy atom. The molecule has 164 valence electrons. The summed E-state index contributed by atoms with van der Waals surface area (Å²) in [6.45, 7) is -1.35. The quantitative estimate of drug-likeness (QED) is 0.184. The van der Waals surface area contributed by atoms with Crippen LogP contribution in [0.4, 0.5) is 0 Å². The summed E-state index contributed by atoms with van der Waals surface area (Å²) < 4.78 is 0. The van der Waals surface area contributed by atoms with E-state index in [1.165, 1.54) is 0 Å². The van der Waals surface area contributed by atoms with Crippen LogP contribution in [0.5, 0.6) is 0 Å². The number of aliphatic carboxylic acids is 2. The summed E-state index contributed by atoms with van der Waals surface area (Å²) in [7, 11) is 0. The first-order valence-corrected chi connectivity index (χ1v) is 8.87. The Morgan fingerprint density at radius 1 is 0.867 bits per heavy atom. The Labute approximate surface area is 171 Å². The van der Waals surface area contributed by atoms with Crippen molar-refractivity contribution in [3.8, 4) is 0 Å². The molecule has 3 atom stereocenters. The molecule has 30 heavy (non-hydrogen) atoms. The molecule has 1 rings (SSSR count). The second kappa shape index (κ2) is 12.1. The van der Waals surface area contributed by atoms with Gasteiger partial charge in [0.25, 0.3) is 0 Å². The van der Waals surface area contributed by atoms with Crippen LogP contribution in [0.1, 0.15) is 12.0 Å². The van der Waals surface area contributed by atoms with Crippen molar-refractivity contribution in [3.63, 3.8) is 0 Å². The number of carbonyl (C=O) groups excluding carboxylic acids is 3. The average Bonchev–Trinajstić information content (AvgIpc) is 2.70. The molecule has 3 unspecified atom stereocenters. The van der Waals surface area contributed by atoms with Gasteiger partial charge in [-0.15, -0.1) is 0 Å². The number of amides is 3. The fourth-order valence-electron chi connectivity index (χ4n) is 2.43. The molecule has 0 aromatic heterocycles. The van der Waals surface area contributed by atoms with Crippen molar-refractivity contribution in [2.75, 3.05) is 13.2 Å². The summed E-state index contributed by atoms with van der Waals surface area (Å²) in [5, 5.41) is 33.7. The van der Waals surface area contributed by atoms with Crippen molar-refractivity contribution in [1.82, 2.24) is 16.0 Å². The van der Waals surface area contributed by atoms with Gasteiger partial charge in [0.2, 0.25) is 17.7 Å². The van der Waals surface area contributed by atoms with Gasteiger partial charge in [-0.25, -0.2) is 4.79 Å². The molecule has 3 amide bonds. The SMILES string of the molecule is NCC(=O)NC(CC(=O)O)C(=O)NC(Cc1ccccc1)C(=O)NC(CO)C(=O)O. The normalized spacial score (nSPS) is 13.4. The highest BCUT2D eigenvalue weighted by Crippen LogP contribution is 2.05. The molecule has 0 fully saturated rings. The maximum absolute atomic E-state index is 12.6. The van der Waals surface area contributed by atoms with E-state index in [0.717, 1.165) is 0 Å². The van der Waals surface area contributed by atoms with Gasteiger partial charge in [-0.05, 0) is 5.56 Å². The van der Waals surface area contributed by atoms with E-state index in [9.17, 15) is 24.0 Å². The number of hydrogen-bond donors (Lipinski definition) is 7. The van der Waals surface area contributed by atoms with Gasteiger partial charge in [-0.3, -0.25) is 19.2 Å². The zero-order chi connectivity index (χ0) is 22.7. The number of carboxylic acids is 2. The van der Waals surface area contributed by atoms with Gasteiger partial charge in [0.15, 0.2) is 0 Å². The number of hydrogen-bond acceptors (Lipinski definition) is 7. The first kappa shape index (κ1) is 24.5. The largest absolute Gasteiger partial charge is 0.481 e. The zero-order valence-electron chi connectivity index (χ0n) is 15.9. The van der Waals surface area contributed by atoms with Crippen molar-refractivity contribution in [3.05, 3.63) is 35.9 Å². The molecule has 1 aromatic rings. The molecule has 0 aliphatic heterocycles. The summed E-state index contributed by atoms with van der Waals surface area (Å²) in [6.07, 6.45) is -0.813. The zero-order valence-corrected chi connectivity index (χ0v) is 15.9. The van der Waals surface area contributed by atoms with E-state index in [0.29, 0.717) is 5.56 Å². The summed E-state index contributed by atoms with van der Waals surface area (Å²) >= 11 is 0. The van der Waals surface area contributed by atoms with Crippen LogP contribution in [-0.2, 0) is 30.4 Å². The van der Waals surface area contributed by atoms with Crippen LogP contribution >= 0.6 is 0 Å². The summed E-state index contributed by atoms with van der Waals surface area (Å²) in [5.74, 6) is -5.50. The van der Waals surface area contributed by atoms with Gasteiger partial charge in [0, 0.05) is 6.42 Å². The number of aliphatic hydroxyl groups excluding tert-OH is 1. The van der Waals surface area contributed by atoms with Crippen LogP contribution < -0.4 is 21.7 Å². The molecule has 0 aliphatic carbocycles. The molecule has 0 bridgehead atoms. The standard InChI is InChI=1S/C18H24N4O8/c19-8-14(24)20-12(7-15(25)26)17(28)21-11(6-10-4-2-1-3-5-10)16(27)22-13(9-23)18(29)30/h1-5,11-13,23H,6-9,19H2,(H,20,24)(H,21,28)(H,22,27)(H,25,26)(H,29,30). The molecule has 0 spiro atoms. The smallest absolute Gasteiger partial charge is 0.328 e. The van der Waals surface area contributed by atoms with Crippen LogP contribution in [0.15, 0.2) is 30.3 Å². The second-order valence-corrected chi connectivity index (χ2v) is 6.25. The lowest BCUT2D eigenvalue weighted by atomic mass is 10.0. The summed E-state index contributed by atoms with van der Waals surface area (Å²) in [5.41, 5.74) is 5.79. The molecule has 12 nitrogen and oxygen atoms in total. The molecule has 1 aromatic carbocycles. The van der Waals surface area contributed by atoms with Crippen LogP contribution in [-0.4, -0.2) is 76.3 Å². The van der Waals surface area contributed by atoms with E-state index in [4.69, 9.17) is 21.1 Å². The Morgan fingerprint density at radius 3 is 1.93 bits per heavy atom. The van der Waals surface area contributed by atoms with E-state index in [-0.39, 0.29) is 6.42 Å². The fraction of sp³-hybridized carbons (Fsp3) is 0.389. The number of benzene rings is 1. The molecule has 0 radical (unpaired) electrons. The third kappa shape index (κ3) is 8.24. The molecular formula is C18H24N4O8. The van der Waals surface area contributed by atoms with Gasteiger partial charge in [-0.1, -0.05) is 30.3 Å². The first-order valence-electron chi connectivity index (χ1n) is 8.87. The molecule has 0 aliphatic rings. The highest BCUT2D eigenvalue weighted by atomic mass is 16.4. The van der Waals surface area contributed by atoms with Crippen molar-refractivity contribution in [2.45, 2.75) is 31.0 Å². The van der Waals surface area contributed by atoms with Crippen LogP contribution in [0.3, 0.4) is 0 Å². The van der Waals surface area contributed by atoms with Gasteiger partial charge >= 0.3 is 11.9 Å². The van der Waals surface area contributed by atoms with E-state index >= 15 is 0 Å². The summed E-state index contributed by atoms with van der Waals surface area (Å²) in [4.78, 5) is 58.7. The van der Waals surface area contributed by atoms with Crippen LogP contribution in [0.25, 0.3) is 0 Å². The lowest BCUT2D eigenvalue weighted by molar-refractivity contribution is -0.144. The number of carboxylic acid groups (broad SMARTS) is 2. The van der Waals surface area contributed by atoms with Gasteiger partial charge in [0.1, 0.15) is 18.1 Å². The third-order valence-electron chi connectivity index (χ3n) is 3.93. The minimum atomic E-state index is -1.60. The number of aliphatic hydroxyl groups is 1. The number of nitrogens with two attached hydrogens (primary N) is 1. The van der Waals surface area contributed by atoms with Crippen LogP contribution in [0.2, 0.25) is 0 Å². The van der Waals surface area contributed by atoms with E-state index in [1.807, 2.05) is 0 Å². The van der Waals surface area contributed by atoms with E-state index < -0.39 is 67.4 Å². The van der Waals surface area contributed by atoms with E-state index in [2.05, 4.69) is 16.0 Å². The Kier molecular flexibility index (Phi) is 9.92. The molecule has 0 saturated carbocycles. The van der Waals surface area contributed by atoms with E-state index in [1.54, 1.807) is 30.3 Å². The Bertz CT molecular complexity index is 771. The molecule has 12 heteroatoms. The predicted octanol–water partition coefficient (Wildman–Crippen LogP) is -2.81. The van der Waals surface area contributed by atoms with Crippen molar-refractivity contribution in [1.29, 1.82) is 0 Å². The maximum Gasteiger partial charge on any atom is 0.328 e. The van der Waals surface area contributed by atoms with Crippen molar-refractivity contribution >= 4 is 29.7 Å². The molecule has 0 heterocycles. The van der Waals surface area contributed by atoms with Gasteiger partial charge < -0.3 is 37.0 Å². The second-order valence-electron chi connectivity index (χ2n) is 6.25. The van der Waals surface area contributed by atoms with Crippen LogP contribution in [0, 0.1) is 0 Å². The highest BCUT2D eigenvalue weighted by molar-refractivity contribution is 5.95. The number of rotatable bonds is 12. The lowest BCUT2D eigenvalue weighted by Gasteiger charge is -2.23. The summed E-state index contributed by atoms with van der Waals surface area (Å²) in [6, 6.07) is 4.03. The number of nitrogens with one attached hydrogen (secondary N) is 3. The third-order valence-corrected chi connectivity index (χ3v) is 3.93. The van der Waals surface area contributed by atoms with Gasteiger partial charge in [-0.2, -0.15) is 0 Å². The minimum absolute atomic E-state index is 0.0548. The van der Waals surface area contributed by atoms with Gasteiger partial charge in [0.05, 0.1) is 19.6 Å². The highest BCUT2D eigenvalue weighted by Gasteiger charge is 2.30. The fourth-order valence-corrected chi connectivity index (χ4v) is 2.43. The predicted molar refractivity (Wildman–Crippen MR) is 102 cm³/mol. The first-order chi connectivity index (χ1) is 14.2. The molecular weight excluding hydrogens is 400 g/mol. The average molecular weight is 424 g/mol. The Balaban J connectivity index is 3.05. The Hall–Kier alpha value is -3.51. The lowest BCUT2D eigenvalue weighted by Crippen LogP contribution is -2.57. The minimum Gasteiger partial charge on any atom is -0.481 e. The van der Waals surface area contributed by atoms with Crippen molar-refractivity contribution < 1.29 is 39.3 Å².